The summed E-state index contributed by atoms with van der Waals surface area (Å²) in [5.74, 6) is 1.68. The quantitative estimate of drug-likeness (QED) is 0.717. The van der Waals surface area contributed by atoms with Crippen LogP contribution in [-0.2, 0) is 11.2 Å². The van der Waals surface area contributed by atoms with Gasteiger partial charge in [0.15, 0.2) is 0 Å². The van der Waals surface area contributed by atoms with Gasteiger partial charge in [-0.25, -0.2) is 0 Å². The summed E-state index contributed by atoms with van der Waals surface area (Å²) >= 11 is 0. The molecule has 0 radical (unpaired) electrons. The first-order chi connectivity index (χ1) is 7.19. The van der Waals surface area contributed by atoms with E-state index in [2.05, 4.69) is 31.2 Å². The van der Waals surface area contributed by atoms with Gasteiger partial charge >= 0.3 is 0 Å². The Morgan fingerprint density at radius 3 is 2.67 bits per heavy atom. The second kappa shape index (κ2) is 2.94. The van der Waals surface area contributed by atoms with Crippen molar-refractivity contribution in [2.45, 2.75) is 26.2 Å². The van der Waals surface area contributed by atoms with Crippen LogP contribution in [-0.4, -0.2) is 5.78 Å². The van der Waals surface area contributed by atoms with E-state index < -0.39 is 0 Å². The summed E-state index contributed by atoms with van der Waals surface area (Å²) in [6.45, 7) is 2.15. The largest absolute Gasteiger partial charge is 0.299 e. The zero-order valence-corrected chi connectivity index (χ0v) is 9.07. The van der Waals surface area contributed by atoms with Gasteiger partial charge in [0.25, 0.3) is 0 Å². The fourth-order valence-corrected chi connectivity index (χ4v) is 3.13. The number of hydrogen-bond acceptors (Lipinski definition) is 1. The molecule has 0 N–H and O–H groups in total. The third-order valence-electron chi connectivity index (χ3n) is 4.00. The van der Waals surface area contributed by atoms with Gasteiger partial charge in [-0.15, -0.1) is 0 Å². The normalized spacial score (nSPS) is 37.8. The lowest BCUT2D eigenvalue weighted by atomic mass is 9.78. The van der Waals surface area contributed by atoms with Gasteiger partial charge < -0.3 is 0 Å². The van der Waals surface area contributed by atoms with Crippen molar-refractivity contribution in [1.82, 2.24) is 0 Å². The predicted molar refractivity (Wildman–Crippen MR) is 59.5 cm³/mol. The van der Waals surface area contributed by atoms with Crippen LogP contribution in [0, 0.1) is 17.3 Å². The van der Waals surface area contributed by atoms with Crippen LogP contribution in [0.3, 0.4) is 0 Å². The van der Waals surface area contributed by atoms with Gasteiger partial charge in [0.05, 0.1) is 0 Å². The first-order valence-corrected chi connectivity index (χ1v) is 5.77. The van der Waals surface area contributed by atoms with E-state index in [-0.39, 0.29) is 5.41 Å². The molecule has 0 spiro atoms. The highest BCUT2D eigenvalue weighted by molar-refractivity contribution is 5.92. The summed E-state index contributed by atoms with van der Waals surface area (Å²) in [6, 6.07) is 10.4. The first kappa shape index (κ1) is 9.14. The van der Waals surface area contributed by atoms with Crippen molar-refractivity contribution in [3.63, 3.8) is 0 Å². The molecule has 0 saturated heterocycles. The molecule has 0 aromatic heterocycles. The van der Waals surface area contributed by atoms with Gasteiger partial charge in [0, 0.05) is 11.3 Å². The van der Waals surface area contributed by atoms with Gasteiger partial charge in [0.1, 0.15) is 5.78 Å². The fraction of sp³-hybridized carbons (Fsp3) is 0.500. The molecule has 1 nitrogen and oxygen atoms in total. The Labute approximate surface area is 90.5 Å². The zero-order valence-electron chi connectivity index (χ0n) is 9.07. The highest BCUT2D eigenvalue weighted by Crippen LogP contribution is 2.58. The molecule has 1 aromatic rings. The average Bonchev–Trinajstić information content (AvgIpc) is 2.92. The molecule has 2 aliphatic rings. The molecular weight excluding hydrogens is 184 g/mol. The lowest BCUT2D eigenvalue weighted by Crippen LogP contribution is -2.27. The monoisotopic (exact) mass is 200 g/mol. The molecule has 3 atom stereocenters. The number of fused-ring (bicyclic) bond motifs is 1. The topological polar surface area (TPSA) is 17.1 Å². The van der Waals surface area contributed by atoms with Crippen molar-refractivity contribution < 1.29 is 4.79 Å². The number of carbonyl (C=O) groups excluding carboxylic acids is 1. The van der Waals surface area contributed by atoms with Gasteiger partial charge in [-0.05, 0) is 30.7 Å². The van der Waals surface area contributed by atoms with E-state index in [1.165, 1.54) is 12.0 Å². The van der Waals surface area contributed by atoms with E-state index in [1.807, 2.05) is 6.07 Å². The lowest BCUT2D eigenvalue weighted by molar-refractivity contribution is -0.127. The van der Waals surface area contributed by atoms with Crippen molar-refractivity contribution in [2.24, 2.45) is 17.3 Å². The molecule has 0 unspecified atom stereocenters. The van der Waals surface area contributed by atoms with Crippen molar-refractivity contribution >= 4 is 5.78 Å². The second-order valence-electron chi connectivity index (χ2n) is 5.39. The van der Waals surface area contributed by atoms with Gasteiger partial charge in [-0.1, -0.05) is 37.3 Å². The Kier molecular flexibility index (Phi) is 1.79. The van der Waals surface area contributed by atoms with E-state index in [0.717, 1.165) is 18.8 Å². The molecular formula is C14H16O. The maximum atomic E-state index is 12.1. The van der Waals surface area contributed by atoms with Crippen LogP contribution in [0.25, 0.3) is 0 Å². The Morgan fingerprint density at radius 2 is 2.07 bits per heavy atom. The Bertz CT molecular complexity index is 395. The summed E-state index contributed by atoms with van der Waals surface area (Å²) in [7, 11) is 0. The minimum Gasteiger partial charge on any atom is -0.299 e. The maximum Gasteiger partial charge on any atom is 0.142 e. The smallest absolute Gasteiger partial charge is 0.142 e. The Morgan fingerprint density at radius 1 is 1.33 bits per heavy atom. The number of Topliss-reactive ketones (excluding diaryl/α,β-unsaturated/α-hetero) is 1. The molecule has 78 valence electrons. The molecule has 1 heteroatoms. The number of benzene rings is 1. The van der Waals surface area contributed by atoms with E-state index in [4.69, 9.17) is 0 Å². The van der Waals surface area contributed by atoms with Crippen LogP contribution in [0.5, 0.6) is 0 Å². The van der Waals surface area contributed by atoms with Gasteiger partial charge in [-0.3, -0.25) is 4.79 Å². The van der Waals surface area contributed by atoms with E-state index >= 15 is 0 Å². The molecule has 15 heavy (non-hydrogen) atoms. The fourth-order valence-electron chi connectivity index (χ4n) is 3.13. The highest BCUT2D eigenvalue weighted by atomic mass is 16.1. The molecule has 2 aliphatic carbocycles. The number of ketones is 1. The SMILES string of the molecule is C[C@@]1(Cc2ccccc2)C[C@H]2C[C@@H]2C1=O. The van der Waals surface area contributed by atoms with Gasteiger partial charge in [0.2, 0.25) is 0 Å². The molecule has 3 rings (SSSR count). The summed E-state index contributed by atoms with van der Waals surface area (Å²) in [4.78, 5) is 12.1. The minimum absolute atomic E-state index is 0.0606. The van der Waals surface area contributed by atoms with Crippen LogP contribution >= 0.6 is 0 Å². The van der Waals surface area contributed by atoms with E-state index in [1.54, 1.807) is 0 Å². The van der Waals surface area contributed by atoms with Crippen LogP contribution in [0.4, 0.5) is 0 Å². The first-order valence-electron chi connectivity index (χ1n) is 5.77. The van der Waals surface area contributed by atoms with Crippen LogP contribution in [0.15, 0.2) is 30.3 Å². The van der Waals surface area contributed by atoms with Crippen LogP contribution < -0.4 is 0 Å². The van der Waals surface area contributed by atoms with Crippen molar-refractivity contribution in [2.75, 3.05) is 0 Å². The summed E-state index contributed by atoms with van der Waals surface area (Å²) in [5, 5.41) is 0. The molecule has 0 bridgehead atoms. The van der Waals surface area contributed by atoms with Crippen LogP contribution in [0.1, 0.15) is 25.3 Å². The number of hydrogen-bond donors (Lipinski definition) is 0. The highest BCUT2D eigenvalue weighted by Gasteiger charge is 2.58. The number of rotatable bonds is 2. The Balaban J connectivity index is 1.81. The second-order valence-corrected chi connectivity index (χ2v) is 5.39. The minimum atomic E-state index is -0.0606. The maximum absolute atomic E-state index is 12.1. The molecule has 0 aliphatic heterocycles. The summed E-state index contributed by atoms with van der Waals surface area (Å²) < 4.78 is 0. The van der Waals surface area contributed by atoms with Crippen molar-refractivity contribution in [3.8, 4) is 0 Å². The zero-order chi connectivity index (χ0) is 10.5. The van der Waals surface area contributed by atoms with Crippen LogP contribution in [0.2, 0.25) is 0 Å². The average molecular weight is 200 g/mol. The number of carbonyl (C=O) groups is 1. The lowest BCUT2D eigenvalue weighted by Gasteiger charge is -2.24. The van der Waals surface area contributed by atoms with Crippen molar-refractivity contribution in [1.29, 1.82) is 0 Å². The third-order valence-corrected chi connectivity index (χ3v) is 4.00. The molecule has 2 fully saturated rings. The molecule has 2 saturated carbocycles. The van der Waals surface area contributed by atoms with Crippen molar-refractivity contribution in [3.05, 3.63) is 35.9 Å². The Hall–Kier alpha value is -1.11. The van der Waals surface area contributed by atoms with Gasteiger partial charge in [-0.2, -0.15) is 0 Å². The summed E-state index contributed by atoms with van der Waals surface area (Å²) in [6.07, 6.45) is 3.22. The van der Waals surface area contributed by atoms with E-state index in [0.29, 0.717) is 11.7 Å². The molecule has 1 aromatic carbocycles. The van der Waals surface area contributed by atoms with E-state index in [9.17, 15) is 4.79 Å². The molecule has 0 amide bonds. The standard InChI is InChI=1S/C14H16O/c1-14(8-10-5-3-2-4-6-10)9-11-7-12(11)13(14)15/h2-6,11-12H,7-9H2,1H3/t11-,12+,14-/m1/s1. The molecule has 0 heterocycles. The predicted octanol–water partition coefficient (Wildman–Crippen LogP) is 2.84. The summed E-state index contributed by atoms with van der Waals surface area (Å²) in [5.41, 5.74) is 1.24. The third kappa shape index (κ3) is 1.41.